The van der Waals surface area contributed by atoms with E-state index in [1.54, 1.807) is 0 Å². The third-order valence-electron chi connectivity index (χ3n) is 2.73. The first-order valence-electron chi connectivity index (χ1n) is 7.40. The number of benzene rings is 1. The summed E-state index contributed by atoms with van der Waals surface area (Å²) in [5.74, 6) is 0.555. The number of urea groups is 1. The van der Waals surface area contributed by atoms with Crippen LogP contribution in [-0.4, -0.2) is 37.2 Å². The lowest BCUT2D eigenvalue weighted by molar-refractivity contribution is -0.120. The lowest BCUT2D eigenvalue weighted by Gasteiger charge is -2.16. The number of aryl methyl sites for hydroxylation is 1. The quantitative estimate of drug-likeness (QED) is 0.715. The molecule has 0 aliphatic heterocycles. The molecule has 0 bridgehead atoms. The summed E-state index contributed by atoms with van der Waals surface area (Å²) in [5.41, 5.74) is 1.12. The Morgan fingerprint density at radius 3 is 2.55 bits per heavy atom. The van der Waals surface area contributed by atoms with Crippen LogP contribution in [0.25, 0.3) is 0 Å². The topological polar surface area (TPSA) is 79.5 Å². The summed E-state index contributed by atoms with van der Waals surface area (Å²) in [6.07, 6.45) is 0. The number of ether oxygens (including phenoxy) is 1. The zero-order valence-corrected chi connectivity index (χ0v) is 13.6. The predicted octanol–water partition coefficient (Wildman–Crippen LogP) is 1.59. The van der Waals surface area contributed by atoms with Crippen LogP contribution in [0, 0.1) is 6.92 Å². The number of carbonyl (C=O) groups excluding carboxylic acids is 2. The molecule has 0 saturated carbocycles. The predicted molar refractivity (Wildman–Crippen MR) is 85.9 cm³/mol. The monoisotopic (exact) mass is 307 g/mol. The molecule has 1 aromatic rings. The number of hydrogen-bond donors (Lipinski definition) is 3. The zero-order valence-electron chi connectivity index (χ0n) is 13.6. The Morgan fingerprint density at radius 2 is 1.91 bits per heavy atom. The second-order valence-corrected chi connectivity index (χ2v) is 5.58. The maximum atomic E-state index is 11.7. The van der Waals surface area contributed by atoms with Gasteiger partial charge in [-0.15, -0.1) is 0 Å². The van der Waals surface area contributed by atoms with Crippen molar-refractivity contribution in [2.75, 3.05) is 13.2 Å². The third-order valence-corrected chi connectivity index (χ3v) is 2.73. The van der Waals surface area contributed by atoms with Crippen molar-refractivity contribution in [3.63, 3.8) is 0 Å². The van der Waals surface area contributed by atoms with Gasteiger partial charge in [0, 0.05) is 6.04 Å². The maximum absolute atomic E-state index is 11.7. The van der Waals surface area contributed by atoms with E-state index >= 15 is 0 Å². The Morgan fingerprint density at radius 1 is 1.18 bits per heavy atom. The summed E-state index contributed by atoms with van der Waals surface area (Å²) >= 11 is 0. The van der Waals surface area contributed by atoms with Crippen molar-refractivity contribution in [1.29, 1.82) is 0 Å². The molecule has 0 saturated heterocycles. The van der Waals surface area contributed by atoms with Crippen molar-refractivity contribution < 1.29 is 14.3 Å². The van der Waals surface area contributed by atoms with Gasteiger partial charge in [0.05, 0.1) is 12.6 Å². The third kappa shape index (κ3) is 7.52. The molecule has 0 aliphatic rings. The molecule has 3 amide bonds. The Bertz CT molecular complexity index is 503. The summed E-state index contributed by atoms with van der Waals surface area (Å²) < 4.78 is 5.61. The van der Waals surface area contributed by atoms with Gasteiger partial charge in [0.1, 0.15) is 12.4 Å². The Balaban J connectivity index is 2.25. The first kappa shape index (κ1) is 17.8. The van der Waals surface area contributed by atoms with E-state index < -0.39 is 0 Å². The Hall–Kier alpha value is -2.24. The normalized spacial score (nSPS) is 11.7. The number of nitrogens with one attached hydrogen (secondary N) is 3. The van der Waals surface area contributed by atoms with Crippen molar-refractivity contribution in [3.8, 4) is 5.75 Å². The van der Waals surface area contributed by atoms with E-state index in [0.717, 1.165) is 11.3 Å². The van der Waals surface area contributed by atoms with Gasteiger partial charge in [-0.05, 0) is 45.4 Å². The molecule has 0 aliphatic carbocycles. The van der Waals surface area contributed by atoms with Crippen molar-refractivity contribution in [2.24, 2.45) is 0 Å². The van der Waals surface area contributed by atoms with E-state index in [1.165, 1.54) is 0 Å². The van der Waals surface area contributed by atoms with Crippen molar-refractivity contribution >= 4 is 11.9 Å². The largest absolute Gasteiger partial charge is 0.491 e. The minimum Gasteiger partial charge on any atom is -0.491 e. The van der Waals surface area contributed by atoms with E-state index in [2.05, 4.69) is 16.0 Å². The molecule has 0 radical (unpaired) electrons. The minimum atomic E-state index is -0.390. The molecule has 22 heavy (non-hydrogen) atoms. The fourth-order valence-electron chi connectivity index (χ4n) is 1.78. The zero-order chi connectivity index (χ0) is 16.5. The Labute approximate surface area is 131 Å². The fraction of sp³-hybridized carbons (Fsp3) is 0.500. The molecule has 0 heterocycles. The van der Waals surface area contributed by atoms with Crippen LogP contribution in [0.15, 0.2) is 24.3 Å². The standard InChI is InChI=1S/C16H25N3O3/c1-11(2)18-15(20)9-17-16(21)19-13(4)10-22-14-7-5-6-12(3)8-14/h5-8,11,13H,9-10H2,1-4H3,(H,18,20)(H2,17,19,21). The number of hydrogen-bond acceptors (Lipinski definition) is 3. The number of rotatable bonds is 7. The number of amides is 3. The van der Waals surface area contributed by atoms with Gasteiger partial charge in [-0.2, -0.15) is 0 Å². The molecule has 122 valence electrons. The second kappa shape index (κ2) is 8.92. The van der Waals surface area contributed by atoms with Gasteiger partial charge in [0.15, 0.2) is 0 Å². The smallest absolute Gasteiger partial charge is 0.315 e. The first-order valence-corrected chi connectivity index (χ1v) is 7.40. The second-order valence-electron chi connectivity index (χ2n) is 5.58. The highest BCUT2D eigenvalue weighted by atomic mass is 16.5. The molecule has 0 spiro atoms. The summed E-state index contributed by atoms with van der Waals surface area (Å²) in [5, 5.41) is 7.92. The SMILES string of the molecule is Cc1cccc(OCC(C)NC(=O)NCC(=O)NC(C)C)c1. The molecule has 6 heteroatoms. The van der Waals surface area contributed by atoms with Crippen molar-refractivity contribution in [3.05, 3.63) is 29.8 Å². The highest BCUT2D eigenvalue weighted by Crippen LogP contribution is 2.12. The van der Waals surface area contributed by atoms with E-state index in [4.69, 9.17) is 4.74 Å². The van der Waals surface area contributed by atoms with Gasteiger partial charge in [-0.25, -0.2) is 4.79 Å². The van der Waals surface area contributed by atoms with Crippen LogP contribution in [0.5, 0.6) is 5.75 Å². The lowest BCUT2D eigenvalue weighted by atomic mass is 10.2. The molecule has 0 aromatic heterocycles. The average Bonchev–Trinajstić information content (AvgIpc) is 2.42. The molecule has 1 unspecified atom stereocenters. The van der Waals surface area contributed by atoms with Crippen LogP contribution in [0.2, 0.25) is 0 Å². The van der Waals surface area contributed by atoms with Crippen molar-refractivity contribution in [2.45, 2.75) is 39.8 Å². The van der Waals surface area contributed by atoms with E-state index in [9.17, 15) is 9.59 Å². The van der Waals surface area contributed by atoms with Crippen LogP contribution >= 0.6 is 0 Å². The highest BCUT2D eigenvalue weighted by molar-refractivity contribution is 5.84. The van der Waals surface area contributed by atoms with Gasteiger partial charge < -0.3 is 20.7 Å². The van der Waals surface area contributed by atoms with Crippen LogP contribution < -0.4 is 20.7 Å². The van der Waals surface area contributed by atoms with Crippen LogP contribution in [0.3, 0.4) is 0 Å². The molecule has 1 rings (SSSR count). The summed E-state index contributed by atoms with van der Waals surface area (Å²) in [6, 6.07) is 7.21. The van der Waals surface area contributed by atoms with Crippen LogP contribution in [0.4, 0.5) is 4.79 Å². The van der Waals surface area contributed by atoms with Gasteiger partial charge in [-0.1, -0.05) is 12.1 Å². The fourth-order valence-corrected chi connectivity index (χ4v) is 1.78. The van der Waals surface area contributed by atoms with E-state index in [1.807, 2.05) is 52.0 Å². The number of carbonyl (C=O) groups is 2. The van der Waals surface area contributed by atoms with Crippen LogP contribution in [0.1, 0.15) is 26.3 Å². The lowest BCUT2D eigenvalue weighted by Crippen LogP contribution is -2.47. The molecule has 1 atom stereocenters. The van der Waals surface area contributed by atoms with Crippen LogP contribution in [-0.2, 0) is 4.79 Å². The highest BCUT2D eigenvalue weighted by Gasteiger charge is 2.10. The molecular weight excluding hydrogens is 282 g/mol. The molecular formula is C16H25N3O3. The van der Waals surface area contributed by atoms with Gasteiger partial charge >= 0.3 is 6.03 Å². The van der Waals surface area contributed by atoms with E-state index in [0.29, 0.717) is 6.61 Å². The van der Waals surface area contributed by atoms with Gasteiger partial charge in [-0.3, -0.25) is 4.79 Å². The van der Waals surface area contributed by atoms with Crippen molar-refractivity contribution in [1.82, 2.24) is 16.0 Å². The minimum absolute atomic E-state index is 0.0462. The first-order chi connectivity index (χ1) is 10.4. The summed E-state index contributed by atoms with van der Waals surface area (Å²) in [4.78, 5) is 23.1. The van der Waals surface area contributed by atoms with Gasteiger partial charge in [0.25, 0.3) is 0 Å². The Kier molecular flexibility index (Phi) is 7.22. The van der Waals surface area contributed by atoms with E-state index in [-0.39, 0.29) is 30.6 Å². The van der Waals surface area contributed by atoms with Gasteiger partial charge in [0.2, 0.25) is 5.91 Å². The summed E-state index contributed by atoms with van der Waals surface area (Å²) in [6.45, 7) is 7.86. The molecule has 1 aromatic carbocycles. The molecule has 6 nitrogen and oxygen atoms in total. The average molecular weight is 307 g/mol. The maximum Gasteiger partial charge on any atom is 0.315 e. The summed E-state index contributed by atoms with van der Waals surface area (Å²) in [7, 11) is 0. The molecule has 0 fully saturated rings. The molecule has 3 N–H and O–H groups in total.